The van der Waals surface area contributed by atoms with E-state index in [2.05, 4.69) is 10.3 Å². The highest BCUT2D eigenvalue weighted by Crippen LogP contribution is 2.36. The van der Waals surface area contributed by atoms with Gasteiger partial charge in [0.15, 0.2) is 11.4 Å². The molecule has 188 valence electrons. The molecule has 17 heteroatoms. The first-order chi connectivity index (χ1) is 16.1. The molecular formula is C18H10Cl2F6N4O4S. The average molecular weight is 563 g/mol. The number of amides is 1. The SMILES string of the molecule is COc1ccc(-n2nnc(C(=O)NS(=O)(=O)c3cc(C(F)(F)F)ccc3Cl)c2C(F)(F)F)c(Cl)c1. The largest absolute Gasteiger partial charge is 0.497 e. The van der Waals surface area contributed by atoms with E-state index in [0.717, 1.165) is 12.1 Å². The maximum absolute atomic E-state index is 13.8. The van der Waals surface area contributed by atoms with E-state index in [1.807, 2.05) is 0 Å². The summed E-state index contributed by atoms with van der Waals surface area (Å²) in [6.45, 7) is 0. The number of benzene rings is 2. The van der Waals surface area contributed by atoms with Gasteiger partial charge < -0.3 is 4.74 Å². The van der Waals surface area contributed by atoms with Crippen molar-refractivity contribution in [2.75, 3.05) is 7.11 Å². The summed E-state index contributed by atoms with van der Waals surface area (Å²) in [6.07, 6.45) is -10.3. The summed E-state index contributed by atoms with van der Waals surface area (Å²) < 4.78 is 112. The van der Waals surface area contributed by atoms with Crippen molar-refractivity contribution in [1.82, 2.24) is 19.7 Å². The summed E-state index contributed by atoms with van der Waals surface area (Å²) >= 11 is 11.6. The number of hydrogen-bond donors (Lipinski definition) is 1. The molecular weight excluding hydrogens is 553 g/mol. The van der Waals surface area contributed by atoms with Crippen molar-refractivity contribution in [2.24, 2.45) is 0 Å². The van der Waals surface area contributed by atoms with Gasteiger partial charge in [0.1, 0.15) is 10.6 Å². The molecule has 1 aromatic heterocycles. The molecule has 1 amide bonds. The Morgan fingerprint density at radius 3 is 2.20 bits per heavy atom. The van der Waals surface area contributed by atoms with Gasteiger partial charge in [0, 0.05) is 6.07 Å². The van der Waals surface area contributed by atoms with E-state index < -0.39 is 55.2 Å². The van der Waals surface area contributed by atoms with Crippen molar-refractivity contribution in [2.45, 2.75) is 17.2 Å². The zero-order valence-electron chi connectivity index (χ0n) is 16.9. The molecule has 1 N–H and O–H groups in total. The van der Waals surface area contributed by atoms with Crippen LogP contribution in [0.2, 0.25) is 10.0 Å². The fourth-order valence-electron chi connectivity index (χ4n) is 2.76. The lowest BCUT2D eigenvalue weighted by atomic mass is 10.2. The van der Waals surface area contributed by atoms with Crippen molar-refractivity contribution in [1.29, 1.82) is 0 Å². The smallest absolute Gasteiger partial charge is 0.435 e. The predicted octanol–water partition coefficient (Wildman–Crippen LogP) is 4.74. The molecule has 3 rings (SSSR count). The molecule has 0 saturated heterocycles. The standard InChI is InChI=1S/C18H10Cl2F6N4O4S/c1-34-9-3-5-12(11(20)7-9)30-15(18(24,25)26)14(27-29-30)16(31)28-35(32,33)13-6-8(17(21,22)23)2-4-10(13)19/h2-7H,1H3,(H,28,31). The first kappa shape index (κ1) is 26.6. The Hall–Kier alpha value is -3.04. The molecule has 0 saturated carbocycles. The van der Waals surface area contributed by atoms with Gasteiger partial charge >= 0.3 is 12.4 Å². The summed E-state index contributed by atoms with van der Waals surface area (Å²) in [4.78, 5) is 11.3. The second kappa shape index (κ2) is 9.20. The Bertz CT molecular complexity index is 1410. The number of sulfonamides is 1. The van der Waals surface area contributed by atoms with Crippen LogP contribution in [0.25, 0.3) is 5.69 Å². The van der Waals surface area contributed by atoms with Gasteiger partial charge in [0.25, 0.3) is 15.9 Å². The van der Waals surface area contributed by atoms with Crippen LogP contribution in [0, 0.1) is 0 Å². The lowest BCUT2D eigenvalue weighted by molar-refractivity contribution is -0.143. The van der Waals surface area contributed by atoms with Gasteiger partial charge in [-0.05, 0) is 30.3 Å². The lowest BCUT2D eigenvalue weighted by Crippen LogP contribution is -2.33. The molecule has 0 fully saturated rings. The van der Waals surface area contributed by atoms with E-state index in [1.165, 1.54) is 17.9 Å². The van der Waals surface area contributed by atoms with Crippen LogP contribution in [0.1, 0.15) is 21.7 Å². The summed E-state index contributed by atoms with van der Waals surface area (Å²) in [5.74, 6) is -1.74. The van der Waals surface area contributed by atoms with Crippen molar-refractivity contribution >= 4 is 39.1 Å². The number of nitrogens with zero attached hydrogens (tertiary/aromatic N) is 3. The predicted molar refractivity (Wildman–Crippen MR) is 109 cm³/mol. The minimum atomic E-state index is -5.29. The average Bonchev–Trinajstić information content (AvgIpc) is 3.18. The van der Waals surface area contributed by atoms with Crippen LogP contribution in [0.4, 0.5) is 26.3 Å². The van der Waals surface area contributed by atoms with Crippen LogP contribution >= 0.6 is 23.2 Å². The van der Waals surface area contributed by atoms with E-state index in [-0.39, 0.29) is 27.2 Å². The van der Waals surface area contributed by atoms with Gasteiger partial charge in [-0.3, -0.25) is 4.79 Å². The number of hydrogen-bond acceptors (Lipinski definition) is 6. The highest BCUT2D eigenvalue weighted by atomic mass is 35.5. The fraction of sp³-hybridized carbons (Fsp3) is 0.167. The minimum Gasteiger partial charge on any atom is -0.497 e. The van der Waals surface area contributed by atoms with Crippen LogP contribution in [0.15, 0.2) is 41.3 Å². The van der Waals surface area contributed by atoms with Gasteiger partial charge in [0.05, 0.1) is 28.4 Å². The zero-order chi connectivity index (χ0) is 26.3. The molecule has 3 aromatic rings. The highest BCUT2D eigenvalue weighted by Gasteiger charge is 2.43. The number of ether oxygens (including phenoxy) is 1. The van der Waals surface area contributed by atoms with Gasteiger partial charge in [-0.15, -0.1) is 5.10 Å². The summed E-state index contributed by atoms with van der Waals surface area (Å²) in [7, 11) is -3.90. The molecule has 2 aromatic carbocycles. The molecule has 0 spiro atoms. The molecule has 0 atom stereocenters. The van der Waals surface area contributed by atoms with Crippen LogP contribution in [0.5, 0.6) is 5.75 Å². The first-order valence-corrected chi connectivity index (χ1v) is 11.1. The van der Waals surface area contributed by atoms with Gasteiger partial charge in [-0.25, -0.2) is 17.8 Å². The molecule has 0 unspecified atom stereocenters. The van der Waals surface area contributed by atoms with Crippen LogP contribution < -0.4 is 9.46 Å². The van der Waals surface area contributed by atoms with E-state index in [0.29, 0.717) is 12.1 Å². The zero-order valence-corrected chi connectivity index (χ0v) is 19.2. The quantitative estimate of drug-likeness (QED) is 0.450. The summed E-state index contributed by atoms with van der Waals surface area (Å²) in [6, 6.07) is 4.67. The Labute approximate surface area is 202 Å². The molecule has 35 heavy (non-hydrogen) atoms. The van der Waals surface area contributed by atoms with E-state index in [1.54, 1.807) is 0 Å². The van der Waals surface area contributed by atoms with Crippen molar-refractivity contribution in [3.63, 3.8) is 0 Å². The molecule has 1 heterocycles. The second-order valence-electron chi connectivity index (χ2n) is 6.59. The van der Waals surface area contributed by atoms with Crippen LogP contribution in [-0.4, -0.2) is 36.4 Å². The number of nitrogens with one attached hydrogen (secondary N) is 1. The number of methoxy groups -OCH3 is 1. The molecule has 0 aliphatic rings. The van der Waals surface area contributed by atoms with Gasteiger partial charge in [-0.2, -0.15) is 26.3 Å². The third-order valence-corrected chi connectivity index (χ3v) is 6.43. The highest BCUT2D eigenvalue weighted by molar-refractivity contribution is 7.90. The third-order valence-electron chi connectivity index (χ3n) is 4.31. The Morgan fingerprint density at radius 1 is 1.00 bits per heavy atom. The maximum Gasteiger partial charge on any atom is 0.435 e. The summed E-state index contributed by atoms with van der Waals surface area (Å²) in [5.41, 5.74) is -5.09. The van der Waals surface area contributed by atoms with Crippen LogP contribution in [0.3, 0.4) is 0 Å². The number of carbonyl (C=O) groups is 1. The monoisotopic (exact) mass is 562 g/mol. The van der Waals surface area contributed by atoms with Crippen molar-refractivity contribution in [3.8, 4) is 11.4 Å². The normalized spacial score (nSPS) is 12.5. The van der Waals surface area contributed by atoms with Crippen molar-refractivity contribution < 1.29 is 44.3 Å². The van der Waals surface area contributed by atoms with Gasteiger partial charge in [0.2, 0.25) is 0 Å². The number of halogens is 8. The lowest BCUT2D eigenvalue weighted by Gasteiger charge is -2.14. The topological polar surface area (TPSA) is 103 Å². The fourth-order valence-corrected chi connectivity index (χ4v) is 4.49. The molecule has 0 radical (unpaired) electrons. The Kier molecular flexibility index (Phi) is 6.98. The maximum atomic E-state index is 13.8. The minimum absolute atomic E-state index is 0.122. The molecule has 0 bridgehead atoms. The molecule has 8 nitrogen and oxygen atoms in total. The third kappa shape index (κ3) is 5.46. The van der Waals surface area contributed by atoms with E-state index in [4.69, 9.17) is 27.9 Å². The molecule has 0 aliphatic carbocycles. The van der Waals surface area contributed by atoms with E-state index >= 15 is 0 Å². The number of carbonyl (C=O) groups excluding carboxylic acids is 1. The van der Waals surface area contributed by atoms with Gasteiger partial charge in [-0.1, -0.05) is 28.4 Å². The first-order valence-electron chi connectivity index (χ1n) is 8.87. The van der Waals surface area contributed by atoms with E-state index in [9.17, 15) is 39.6 Å². The number of aromatic nitrogens is 3. The Morgan fingerprint density at radius 2 is 1.66 bits per heavy atom. The molecule has 0 aliphatic heterocycles. The van der Waals surface area contributed by atoms with Crippen LogP contribution in [-0.2, 0) is 22.4 Å². The Balaban J connectivity index is 2.07. The van der Waals surface area contributed by atoms with Crippen molar-refractivity contribution in [3.05, 3.63) is 63.4 Å². The number of alkyl halides is 6. The number of rotatable bonds is 5. The second-order valence-corrected chi connectivity index (χ2v) is 9.06. The summed E-state index contributed by atoms with van der Waals surface area (Å²) in [5, 5.41) is 5.36.